The largest absolute Gasteiger partial charge is 0.383 e. The Morgan fingerprint density at radius 3 is 2.59 bits per heavy atom. The number of carbonyl (C=O) groups excluding carboxylic acids is 2. The quantitative estimate of drug-likeness (QED) is 0.638. The standard InChI is InChI=1S/C22H28N6O4/c1-3-4-13-27-20(23)19(21(31)24-22(27)32)26(2)17(29)10-11-18(30)28-14-12-16(25-28)15-8-6-5-7-9-15/h5-9H,3-4,10-14,23H2,1-2H3,(H,24,31,32). The normalized spacial score (nSPS) is 13.2. The van der Waals surface area contributed by atoms with Crippen molar-refractivity contribution < 1.29 is 9.59 Å². The van der Waals surface area contributed by atoms with Gasteiger partial charge in [0.1, 0.15) is 5.82 Å². The summed E-state index contributed by atoms with van der Waals surface area (Å²) < 4.78 is 1.25. The van der Waals surface area contributed by atoms with E-state index in [2.05, 4.69) is 10.1 Å². The van der Waals surface area contributed by atoms with Gasteiger partial charge in [-0.15, -0.1) is 0 Å². The summed E-state index contributed by atoms with van der Waals surface area (Å²) in [4.78, 5) is 52.9. The number of H-pyrrole nitrogens is 1. The molecular weight excluding hydrogens is 412 g/mol. The summed E-state index contributed by atoms with van der Waals surface area (Å²) in [6, 6.07) is 9.61. The second kappa shape index (κ2) is 10.1. The number of nitrogens with two attached hydrogens (primary N) is 1. The number of anilines is 2. The van der Waals surface area contributed by atoms with Crippen molar-refractivity contribution in [2.45, 2.75) is 45.6 Å². The van der Waals surface area contributed by atoms with Crippen molar-refractivity contribution in [3.63, 3.8) is 0 Å². The fraction of sp³-hybridized carbons (Fsp3) is 0.409. The van der Waals surface area contributed by atoms with Crippen LogP contribution >= 0.6 is 0 Å². The highest BCUT2D eigenvalue weighted by Crippen LogP contribution is 2.18. The molecule has 10 heteroatoms. The molecule has 0 bridgehead atoms. The molecule has 0 fully saturated rings. The van der Waals surface area contributed by atoms with E-state index in [-0.39, 0.29) is 30.3 Å². The number of unbranched alkanes of at least 4 members (excludes halogenated alkanes) is 1. The molecule has 32 heavy (non-hydrogen) atoms. The number of nitrogen functional groups attached to an aromatic ring is 1. The van der Waals surface area contributed by atoms with E-state index in [0.717, 1.165) is 22.6 Å². The van der Waals surface area contributed by atoms with E-state index < -0.39 is 17.2 Å². The average Bonchev–Trinajstić information content (AvgIpc) is 3.28. The number of nitrogens with one attached hydrogen (secondary N) is 1. The Morgan fingerprint density at radius 1 is 1.19 bits per heavy atom. The third kappa shape index (κ3) is 4.96. The molecule has 0 saturated carbocycles. The Kier molecular flexibility index (Phi) is 7.24. The number of aromatic nitrogens is 2. The summed E-state index contributed by atoms with van der Waals surface area (Å²) in [5, 5.41) is 5.76. The fourth-order valence-electron chi connectivity index (χ4n) is 3.55. The number of rotatable bonds is 8. The molecule has 10 nitrogen and oxygen atoms in total. The molecule has 3 N–H and O–H groups in total. The lowest BCUT2D eigenvalue weighted by Gasteiger charge is -2.20. The molecule has 2 aromatic rings. The Balaban J connectivity index is 1.67. The number of benzene rings is 1. The van der Waals surface area contributed by atoms with Crippen LogP contribution in [0.4, 0.5) is 11.5 Å². The highest BCUT2D eigenvalue weighted by molar-refractivity contribution is 6.03. The molecule has 170 valence electrons. The third-order valence-corrected chi connectivity index (χ3v) is 5.41. The van der Waals surface area contributed by atoms with Gasteiger partial charge in [-0.05, 0) is 12.0 Å². The van der Waals surface area contributed by atoms with E-state index in [0.29, 0.717) is 25.9 Å². The molecule has 0 aliphatic carbocycles. The van der Waals surface area contributed by atoms with Crippen LogP contribution in [0.5, 0.6) is 0 Å². The lowest BCUT2D eigenvalue weighted by atomic mass is 10.1. The summed E-state index contributed by atoms with van der Waals surface area (Å²) >= 11 is 0. The lowest BCUT2D eigenvalue weighted by Crippen LogP contribution is -2.39. The summed E-state index contributed by atoms with van der Waals surface area (Å²) in [6.45, 7) is 2.76. The fourth-order valence-corrected chi connectivity index (χ4v) is 3.55. The summed E-state index contributed by atoms with van der Waals surface area (Å²) in [5.74, 6) is -0.791. The van der Waals surface area contributed by atoms with Crippen LogP contribution in [0, 0.1) is 0 Å². The Hall–Kier alpha value is -3.69. The summed E-state index contributed by atoms with van der Waals surface area (Å²) in [7, 11) is 1.41. The van der Waals surface area contributed by atoms with Crippen LogP contribution in [0.3, 0.4) is 0 Å². The molecule has 1 aromatic carbocycles. The highest BCUT2D eigenvalue weighted by Gasteiger charge is 2.25. The molecule has 2 amide bonds. The summed E-state index contributed by atoms with van der Waals surface area (Å²) in [6.07, 6.45) is 2.01. The molecule has 1 aliphatic rings. The molecule has 0 saturated heterocycles. The van der Waals surface area contributed by atoms with Crippen LogP contribution in [0.2, 0.25) is 0 Å². The zero-order chi connectivity index (χ0) is 23.3. The molecule has 1 aliphatic heterocycles. The maximum atomic E-state index is 12.7. The zero-order valence-electron chi connectivity index (χ0n) is 18.3. The van der Waals surface area contributed by atoms with Gasteiger partial charge in [0.15, 0.2) is 5.69 Å². The predicted molar refractivity (Wildman–Crippen MR) is 123 cm³/mol. The van der Waals surface area contributed by atoms with E-state index >= 15 is 0 Å². The van der Waals surface area contributed by atoms with Crippen molar-refractivity contribution in [3.8, 4) is 0 Å². The minimum Gasteiger partial charge on any atom is -0.383 e. The molecule has 0 radical (unpaired) electrons. The van der Waals surface area contributed by atoms with Gasteiger partial charge in [-0.3, -0.25) is 23.9 Å². The van der Waals surface area contributed by atoms with Crippen molar-refractivity contribution in [1.29, 1.82) is 0 Å². The van der Waals surface area contributed by atoms with Crippen molar-refractivity contribution in [2.24, 2.45) is 5.10 Å². The number of hydrazone groups is 1. The van der Waals surface area contributed by atoms with Gasteiger partial charge in [0.25, 0.3) is 5.56 Å². The van der Waals surface area contributed by atoms with Crippen LogP contribution < -0.4 is 21.9 Å². The predicted octanol–water partition coefficient (Wildman–Crippen LogP) is 1.30. The molecule has 0 atom stereocenters. The van der Waals surface area contributed by atoms with E-state index in [1.807, 2.05) is 37.3 Å². The Bertz CT molecular complexity index is 1140. The van der Waals surface area contributed by atoms with Gasteiger partial charge in [0.2, 0.25) is 11.8 Å². The van der Waals surface area contributed by atoms with E-state index in [1.165, 1.54) is 16.6 Å². The molecular formula is C22H28N6O4. The van der Waals surface area contributed by atoms with E-state index in [4.69, 9.17) is 5.73 Å². The van der Waals surface area contributed by atoms with Crippen molar-refractivity contribution in [2.75, 3.05) is 24.2 Å². The van der Waals surface area contributed by atoms with Gasteiger partial charge in [-0.25, -0.2) is 9.80 Å². The molecule has 3 rings (SSSR count). The van der Waals surface area contributed by atoms with Crippen LogP contribution in [0.25, 0.3) is 0 Å². The van der Waals surface area contributed by atoms with Crippen LogP contribution in [-0.4, -0.2) is 45.7 Å². The minimum atomic E-state index is -0.737. The first kappa shape index (κ1) is 23.0. The van der Waals surface area contributed by atoms with Gasteiger partial charge in [-0.2, -0.15) is 5.10 Å². The molecule has 1 aromatic heterocycles. The number of amides is 2. The van der Waals surface area contributed by atoms with E-state index in [9.17, 15) is 19.2 Å². The first-order valence-corrected chi connectivity index (χ1v) is 10.7. The Morgan fingerprint density at radius 2 is 1.91 bits per heavy atom. The number of nitrogens with zero attached hydrogens (tertiary/aromatic N) is 4. The smallest absolute Gasteiger partial charge is 0.330 e. The van der Waals surface area contributed by atoms with E-state index in [1.54, 1.807) is 0 Å². The Labute approximate surface area is 185 Å². The van der Waals surface area contributed by atoms with Crippen LogP contribution in [0.1, 0.15) is 44.6 Å². The number of aromatic amines is 1. The van der Waals surface area contributed by atoms with Crippen molar-refractivity contribution in [3.05, 3.63) is 56.7 Å². The van der Waals surface area contributed by atoms with Crippen molar-refractivity contribution >= 4 is 29.0 Å². The van der Waals surface area contributed by atoms with Gasteiger partial charge < -0.3 is 10.6 Å². The SMILES string of the molecule is CCCCn1c(N)c(N(C)C(=O)CCC(=O)N2CCC(c3ccccc3)=N2)c(=O)[nH]c1=O. The maximum absolute atomic E-state index is 12.7. The maximum Gasteiger partial charge on any atom is 0.330 e. The highest BCUT2D eigenvalue weighted by atomic mass is 16.2. The second-order valence-corrected chi connectivity index (χ2v) is 7.63. The minimum absolute atomic E-state index is 0.0535. The van der Waals surface area contributed by atoms with Crippen molar-refractivity contribution in [1.82, 2.24) is 14.6 Å². The van der Waals surface area contributed by atoms with Crippen LogP contribution in [-0.2, 0) is 16.1 Å². The zero-order valence-corrected chi connectivity index (χ0v) is 18.3. The first-order valence-electron chi connectivity index (χ1n) is 10.7. The van der Waals surface area contributed by atoms with Gasteiger partial charge >= 0.3 is 5.69 Å². The number of carbonyl (C=O) groups is 2. The summed E-state index contributed by atoms with van der Waals surface area (Å²) in [5.41, 5.74) is 6.40. The topological polar surface area (TPSA) is 134 Å². The lowest BCUT2D eigenvalue weighted by molar-refractivity contribution is -0.132. The van der Waals surface area contributed by atoms with Gasteiger partial charge in [0.05, 0.1) is 12.3 Å². The number of hydrogen-bond donors (Lipinski definition) is 2. The molecule has 0 spiro atoms. The van der Waals surface area contributed by atoms with Crippen LogP contribution in [0.15, 0.2) is 45.0 Å². The average molecular weight is 441 g/mol. The third-order valence-electron chi connectivity index (χ3n) is 5.41. The van der Waals surface area contributed by atoms with Gasteiger partial charge in [-0.1, -0.05) is 43.7 Å². The number of hydrogen-bond acceptors (Lipinski definition) is 6. The molecule has 0 unspecified atom stereocenters. The monoisotopic (exact) mass is 440 g/mol. The molecule has 2 heterocycles. The first-order chi connectivity index (χ1) is 15.3. The van der Waals surface area contributed by atoms with Gasteiger partial charge in [0, 0.05) is 32.9 Å². The second-order valence-electron chi connectivity index (χ2n) is 7.63.